The predicted molar refractivity (Wildman–Crippen MR) is 68.3 cm³/mol. The molecule has 1 aromatic rings. The number of hydrogen-bond donors (Lipinski definition) is 1. The van der Waals surface area contributed by atoms with E-state index in [-0.39, 0.29) is 11.9 Å². The van der Waals surface area contributed by atoms with Gasteiger partial charge in [0.15, 0.2) is 0 Å². The van der Waals surface area contributed by atoms with Gasteiger partial charge in [-0.05, 0) is 32.6 Å². The Morgan fingerprint density at radius 3 is 2.69 bits per heavy atom. The molecule has 0 bridgehead atoms. The van der Waals surface area contributed by atoms with Crippen LogP contribution in [0.1, 0.15) is 18.5 Å². The number of nitrogens with two attached hydrogens (primary N) is 1. The first-order valence-corrected chi connectivity index (χ1v) is 6.32. The van der Waals surface area contributed by atoms with Gasteiger partial charge in [0.05, 0.1) is 0 Å². The molecule has 16 heavy (non-hydrogen) atoms. The second-order valence-electron chi connectivity index (χ2n) is 4.10. The lowest BCUT2D eigenvalue weighted by molar-refractivity contribution is 0.437. The summed E-state index contributed by atoms with van der Waals surface area (Å²) in [6.07, 6.45) is 0. The molecule has 0 aliphatic rings. The third kappa shape index (κ3) is 3.77. The molecule has 0 radical (unpaired) electrons. The van der Waals surface area contributed by atoms with Crippen molar-refractivity contribution in [1.29, 1.82) is 0 Å². The SMILES string of the molecule is C[C@@H](N)c1cccc(F)c1SCCN(C)C. The minimum atomic E-state index is -0.168. The number of thioether (sulfide) groups is 1. The second kappa shape index (κ2) is 6.23. The van der Waals surface area contributed by atoms with Crippen LogP contribution in [0.4, 0.5) is 4.39 Å². The highest BCUT2D eigenvalue weighted by Gasteiger charge is 2.11. The normalized spacial score (nSPS) is 13.1. The first-order valence-electron chi connectivity index (χ1n) is 5.34. The molecule has 0 spiro atoms. The first-order chi connectivity index (χ1) is 7.52. The monoisotopic (exact) mass is 242 g/mol. The molecule has 0 saturated carbocycles. The Morgan fingerprint density at radius 1 is 1.44 bits per heavy atom. The fourth-order valence-corrected chi connectivity index (χ4v) is 2.65. The van der Waals surface area contributed by atoms with Crippen LogP contribution in [0, 0.1) is 5.82 Å². The zero-order valence-corrected chi connectivity index (χ0v) is 10.9. The summed E-state index contributed by atoms with van der Waals surface area (Å²) in [6, 6.07) is 4.97. The molecule has 2 nitrogen and oxygen atoms in total. The number of halogens is 1. The van der Waals surface area contributed by atoms with E-state index in [0.29, 0.717) is 4.90 Å². The van der Waals surface area contributed by atoms with Crippen molar-refractivity contribution in [2.45, 2.75) is 17.9 Å². The standard InChI is InChI=1S/C12H19FN2S/c1-9(14)10-5-4-6-11(13)12(10)16-8-7-15(2)3/h4-6,9H,7-8,14H2,1-3H3/t9-/m1/s1. The van der Waals surface area contributed by atoms with Crippen LogP contribution in [0.25, 0.3) is 0 Å². The molecule has 0 saturated heterocycles. The number of nitrogens with zero attached hydrogens (tertiary/aromatic N) is 1. The number of benzene rings is 1. The maximum absolute atomic E-state index is 13.6. The number of rotatable bonds is 5. The van der Waals surface area contributed by atoms with Crippen LogP contribution in [0.5, 0.6) is 0 Å². The molecule has 0 aliphatic heterocycles. The zero-order valence-electron chi connectivity index (χ0n) is 10.0. The maximum Gasteiger partial charge on any atom is 0.137 e. The Morgan fingerprint density at radius 2 is 2.12 bits per heavy atom. The van der Waals surface area contributed by atoms with Crippen molar-refractivity contribution in [2.75, 3.05) is 26.4 Å². The Kier molecular flexibility index (Phi) is 5.25. The average molecular weight is 242 g/mol. The maximum atomic E-state index is 13.6. The van der Waals surface area contributed by atoms with Gasteiger partial charge >= 0.3 is 0 Å². The lowest BCUT2D eigenvalue weighted by Crippen LogP contribution is -2.15. The molecule has 0 fully saturated rings. The van der Waals surface area contributed by atoms with E-state index in [9.17, 15) is 4.39 Å². The second-order valence-corrected chi connectivity index (χ2v) is 5.20. The fraction of sp³-hybridized carbons (Fsp3) is 0.500. The van der Waals surface area contributed by atoms with E-state index >= 15 is 0 Å². The van der Waals surface area contributed by atoms with Gasteiger partial charge in [-0.3, -0.25) is 0 Å². The van der Waals surface area contributed by atoms with Crippen LogP contribution < -0.4 is 5.73 Å². The van der Waals surface area contributed by atoms with Gasteiger partial charge in [-0.25, -0.2) is 4.39 Å². The van der Waals surface area contributed by atoms with Gasteiger partial charge in [-0.2, -0.15) is 0 Å². The van der Waals surface area contributed by atoms with E-state index in [1.54, 1.807) is 6.07 Å². The van der Waals surface area contributed by atoms with E-state index in [4.69, 9.17) is 5.73 Å². The fourth-order valence-electron chi connectivity index (χ4n) is 1.37. The van der Waals surface area contributed by atoms with Crippen LogP contribution in [-0.2, 0) is 0 Å². The predicted octanol–water partition coefficient (Wildman–Crippen LogP) is 2.50. The molecule has 1 atom stereocenters. The minimum absolute atomic E-state index is 0.127. The van der Waals surface area contributed by atoms with Crippen molar-refractivity contribution in [3.05, 3.63) is 29.6 Å². The molecule has 0 aliphatic carbocycles. The van der Waals surface area contributed by atoms with Gasteiger partial charge in [-0.15, -0.1) is 11.8 Å². The molecule has 0 unspecified atom stereocenters. The van der Waals surface area contributed by atoms with Crippen molar-refractivity contribution < 1.29 is 4.39 Å². The summed E-state index contributed by atoms with van der Waals surface area (Å²) in [5, 5.41) is 0. The highest BCUT2D eigenvalue weighted by molar-refractivity contribution is 7.99. The molecule has 1 rings (SSSR count). The van der Waals surface area contributed by atoms with Crippen molar-refractivity contribution in [3.8, 4) is 0 Å². The summed E-state index contributed by atoms with van der Waals surface area (Å²) < 4.78 is 13.6. The van der Waals surface area contributed by atoms with Crippen LogP contribution in [0.2, 0.25) is 0 Å². The Hall–Kier alpha value is -0.580. The molecule has 2 N–H and O–H groups in total. The summed E-state index contributed by atoms with van der Waals surface area (Å²) >= 11 is 1.53. The summed E-state index contributed by atoms with van der Waals surface area (Å²) in [5.41, 5.74) is 6.72. The molecule has 0 heterocycles. The summed E-state index contributed by atoms with van der Waals surface area (Å²) in [6.45, 7) is 2.81. The third-order valence-electron chi connectivity index (χ3n) is 2.27. The highest BCUT2D eigenvalue weighted by atomic mass is 32.2. The quantitative estimate of drug-likeness (QED) is 0.804. The Labute approximate surface area is 101 Å². The Bertz CT molecular complexity index is 340. The van der Waals surface area contributed by atoms with Gasteiger partial charge in [0.1, 0.15) is 5.82 Å². The zero-order chi connectivity index (χ0) is 12.1. The molecular weight excluding hydrogens is 223 g/mol. The molecule has 0 amide bonds. The molecular formula is C12H19FN2S. The first kappa shape index (κ1) is 13.5. The van der Waals surface area contributed by atoms with E-state index in [1.165, 1.54) is 17.8 Å². The highest BCUT2D eigenvalue weighted by Crippen LogP contribution is 2.29. The summed E-state index contributed by atoms with van der Waals surface area (Å²) in [4.78, 5) is 2.78. The summed E-state index contributed by atoms with van der Waals surface area (Å²) in [5.74, 6) is 0.701. The summed E-state index contributed by atoms with van der Waals surface area (Å²) in [7, 11) is 4.02. The molecule has 4 heteroatoms. The number of hydrogen-bond acceptors (Lipinski definition) is 3. The van der Waals surface area contributed by atoms with E-state index in [2.05, 4.69) is 4.90 Å². The van der Waals surface area contributed by atoms with Crippen molar-refractivity contribution in [2.24, 2.45) is 5.73 Å². The van der Waals surface area contributed by atoms with E-state index in [1.807, 2.05) is 27.1 Å². The van der Waals surface area contributed by atoms with Crippen molar-refractivity contribution >= 4 is 11.8 Å². The van der Waals surface area contributed by atoms with E-state index in [0.717, 1.165) is 17.9 Å². The smallest absolute Gasteiger partial charge is 0.137 e. The van der Waals surface area contributed by atoms with Crippen LogP contribution in [-0.4, -0.2) is 31.3 Å². The van der Waals surface area contributed by atoms with Crippen molar-refractivity contribution in [3.63, 3.8) is 0 Å². The van der Waals surface area contributed by atoms with Gasteiger partial charge in [0, 0.05) is 23.2 Å². The van der Waals surface area contributed by atoms with Gasteiger partial charge in [0.25, 0.3) is 0 Å². The molecule has 90 valence electrons. The van der Waals surface area contributed by atoms with Crippen LogP contribution >= 0.6 is 11.8 Å². The molecule has 1 aromatic carbocycles. The topological polar surface area (TPSA) is 29.3 Å². The lowest BCUT2D eigenvalue weighted by Gasteiger charge is -2.14. The van der Waals surface area contributed by atoms with Crippen molar-refractivity contribution in [1.82, 2.24) is 4.90 Å². The average Bonchev–Trinajstić information content (AvgIpc) is 2.19. The largest absolute Gasteiger partial charge is 0.324 e. The Balaban J connectivity index is 2.76. The molecule has 0 aromatic heterocycles. The van der Waals surface area contributed by atoms with Gasteiger partial charge in [-0.1, -0.05) is 12.1 Å². The minimum Gasteiger partial charge on any atom is -0.324 e. The van der Waals surface area contributed by atoms with E-state index < -0.39 is 0 Å². The van der Waals surface area contributed by atoms with Gasteiger partial charge < -0.3 is 10.6 Å². The van der Waals surface area contributed by atoms with Gasteiger partial charge in [0.2, 0.25) is 0 Å². The van der Waals surface area contributed by atoms with Crippen LogP contribution in [0.15, 0.2) is 23.1 Å². The third-order valence-corrected chi connectivity index (χ3v) is 3.38. The lowest BCUT2D eigenvalue weighted by atomic mass is 10.1. The van der Waals surface area contributed by atoms with Crippen LogP contribution in [0.3, 0.4) is 0 Å².